The van der Waals surface area contributed by atoms with Crippen LogP contribution in [0.2, 0.25) is 0 Å². The van der Waals surface area contributed by atoms with Crippen molar-refractivity contribution >= 4 is 11.8 Å². The van der Waals surface area contributed by atoms with Crippen molar-refractivity contribution in [1.29, 1.82) is 0 Å². The predicted molar refractivity (Wildman–Crippen MR) is 86.6 cm³/mol. The lowest BCUT2D eigenvalue weighted by molar-refractivity contribution is -0.125. The molecule has 22 heavy (non-hydrogen) atoms. The summed E-state index contributed by atoms with van der Waals surface area (Å²) in [6.07, 6.45) is 1.79. The zero-order valence-corrected chi connectivity index (χ0v) is 13.3. The molecule has 1 aliphatic rings. The molecule has 0 bridgehead atoms. The van der Waals surface area contributed by atoms with E-state index in [9.17, 15) is 9.59 Å². The van der Waals surface area contributed by atoms with Crippen LogP contribution in [-0.4, -0.2) is 37.0 Å². The number of piperidine rings is 1. The van der Waals surface area contributed by atoms with Gasteiger partial charge in [0.25, 0.3) is 5.91 Å². The van der Waals surface area contributed by atoms with Crippen LogP contribution in [0.25, 0.3) is 0 Å². The standard InChI is InChI=1S/C17H25N3O2/c1-12(2)19-17(22)15(13-8-10-18-11-9-13)20-16(21)14-6-4-3-5-7-14/h3-7,12-13,15,18H,8-11H2,1-2H3,(H,19,22)(H,20,21). The second-order valence-electron chi connectivity index (χ2n) is 6.07. The van der Waals surface area contributed by atoms with Crippen molar-refractivity contribution < 1.29 is 9.59 Å². The number of carbonyl (C=O) groups excluding carboxylic acids is 2. The van der Waals surface area contributed by atoms with Gasteiger partial charge in [0, 0.05) is 11.6 Å². The SMILES string of the molecule is CC(C)NC(=O)C(NC(=O)c1ccccc1)C1CCNCC1. The molecule has 3 N–H and O–H groups in total. The minimum atomic E-state index is -0.475. The van der Waals surface area contributed by atoms with Crippen LogP contribution in [0.3, 0.4) is 0 Å². The summed E-state index contributed by atoms with van der Waals surface area (Å²) >= 11 is 0. The van der Waals surface area contributed by atoms with E-state index in [1.165, 1.54) is 0 Å². The molecule has 0 saturated carbocycles. The molecule has 1 heterocycles. The minimum Gasteiger partial charge on any atom is -0.352 e. The molecule has 1 atom stereocenters. The molecule has 1 aromatic rings. The summed E-state index contributed by atoms with van der Waals surface area (Å²) in [5.74, 6) is -0.109. The van der Waals surface area contributed by atoms with Gasteiger partial charge in [0.15, 0.2) is 0 Å². The van der Waals surface area contributed by atoms with Crippen LogP contribution in [-0.2, 0) is 4.79 Å². The van der Waals surface area contributed by atoms with Crippen molar-refractivity contribution in [3.63, 3.8) is 0 Å². The maximum Gasteiger partial charge on any atom is 0.251 e. The zero-order valence-electron chi connectivity index (χ0n) is 13.3. The first-order chi connectivity index (χ1) is 10.6. The van der Waals surface area contributed by atoms with Gasteiger partial charge in [-0.15, -0.1) is 0 Å². The van der Waals surface area contributed by atoms with Crippen molar-refractivity contribution in [3.05, 3.63) is 35.9 Å². The van der Waals surface area contributed by atoms with Crippen molar-refractivity contribution in [2.24, 2.45) is 5.92 Å². The van der Waals surface area contributed by atoms with Gasteiger partial charge in [-0.25, -0.2) is 0 Å². The average molecular weight is 303 g/mol. The van der Waals surface area contributed by atoms with Gasteiger partial charge in [0.1, 0.15) is 6.04 Å². The van der Waals surface area contributed by atoms with Gasteiger partial charge in [-0.05, 0) is 57.8 Å². The summed E-state index contributed by atoms with van der Waals surface area (Å²) in [5, 5.41) is 9.14. The largest absolute Gasteiger partial charge is 0.352 e. The lowest BCUT2D eigenvalue weighted by Gasteiger charge is -2.31. The van der Waals surface area contributed by atoms with Crippen LogP contribution in [0.15, 0.2) is 30.3 Å². The van der Waals surface area contributed by atoms with Crippen molar-refractivity contribution in [3.8, 4) is 0 Å². The highest BCUT2D eigenvalue weighted by atomic mass is 16.2. The molecule has 0 aromatic heterocycles. The maximum atomic E-state index is 12.5. The molecule has 120 valence electrons. The number of carbonyl (C=O) groups is 2. The molecule has 0 spiro atoms. The molecule has 1 aromatic carbocycles. The summed E-state index contributed by atoms with van der Waals surface area (Å²) in [7, 11) is 0. The van der Waals surface area contributed by atoms with Crippen molar-refractivity contribution in [2.75, 3.05) is 13.1 Å². The highest BCUT2D eigenvalue weighted by molar-refractivity contribution is 5.97. The van der Waals surface area contributed by atoms with E-state index in [4.69, 9.17) is 0 Å². The summed E-state index contributed by atoms with van der Waals surface area (Å²) < 4.78 is 0. The molecule has 5 heteroatoms. The second kappa shape index (κ2) is 7.94. The average Bonchev–Trinajstić information content (AvgIpc) is 2.53. The number of benzene rings is 1. The van der Waals surface area contributed by atoms with E-state index in [1.54, 1.807) is 12.1 Å². The van der Waals surface area contributed by atoms with Gasteiger partial charge in [-0.3, -0.25) is 9.59 Å². The molecular formula is C17H25N3O2. The van der Waals surface area contributed by atoms with Gasteiger partial charge >= 0.3 is 0 Å². The Morgan fingerprint density at radius 1 is 1.09 bits per heavy atom. The lowest BCUT2D eigenvalue weighted by atomic mass is 9.89. The fraction of sp³-hybridized carbons (Fsp3) is 0.529. The Bertz CT molecular complexity index is 496. The Labute approximate surface area is 131 Å². The second-order valence-corrected chi connectivity index (χ2v) is 6.07. The number of hydrogen-bond donors (Lipinski definition) is 3. The van der Waals surface area contributed by atoms with Crippen molar-refractivity contribution in [2.45, 2.75) is 38.8 Å². The van der Waals surface area contributed by atoms with Gasteiger partial charge in [0.05, 0.1) is 0 Å². The van der Waals surface area contributed by atoms with E-state index < -0.39 is 6.04 Å². The van der Waals surface area contributed by atoms with Crippen LogP contribution < -0.4 is 16.0 Å². The minimum absolute atomic E-state index is 0.0605. The quantitative estimate of drug-likeness (QED) is 0.768. The first-order valence-electron chi connectivity index (χ1n) is 7.95. The number of rotatable bonds is 5. The van der Waals surface area contributed by atoms with Gasteiger partial charge in [-0.1, -0.05) is 18.2 Å². The van der Waals surface area contributed by atoms with Crippen LogP contribution in [0.1, 0.15) is 37.0 Å². The first-order valence-corrected chi connectivity index (χ1v) is 7.95. The Morgan fingerprint density at radius 3 is 2.32 bits per heavy atom. The maximum absolute atomic E-state index is 12.5. The zero-order chi connectivity index (χ0) is 15.9. The van der Waals surface area contributed by atoms with Gasteiger partial charge in [-0.2, -0.15) is 0 Å². The predicted octanol–water partition coefficient (Wildman–Crippen LogP) is 1.31. The highest BCUT2D eigenvalue weighted by Gasteiger charge is 2.31. The van der Waals surface area contributed by atoms with Crippen molar-refractivity contribution in [1.82, 2.24) is 16.0 Å². The number of hydrogen-bond acceptors (Lipinski definition) is 3. The van der Waals surface area contributed by atoms with E-state index in [0.717, 1.165) is 25.9 Å². The molecule has 2 rings (SSSR count). The Balaban J connectivity index is 2.09. The van der Waals surface area contributed by atoms with Crippen LogP contribution in [0.4, 0.5) is 0 Å². The smallest absolute Gasteiger partial charge is 0.251 e. The normalized spacial score (nSPS) is 17.0. The fourth-order valence-corrected chi connectivity index (χ4v) is 2.76. The lowest BCUT2D eigenvalue weighted by Crippen LogP contribution is -2.54. The highest BCUT2D eigenvalue weighted by Crippen LogP contribution is 2.17. The Kier molecular flexibility index (Phi) is 5.95. The molecule has 0 aliphatic carbocycles. The molecule has 5 nitrogen and oxygen atoms in total. The molecule has 1 fully saturated rings. The number of nitrogens with one attached hydrogen (secondary N) is 3. The molecule has 1 saturated heterocycles. The molecule has 0 radical (unpaired) electrons. The topological polar surface area (TPSA) is 70.2 Å². The number of amides is 2. The van der Waals surface area contributed by atoms with Gasteiger partial charge < -0.3 is 16.0 Å². The monoisotopic (exact) mass is 303 g/mol. The summed E-state index contributed by atoms with van der Waals surface area (Å²) in [4.78, 5) is 24.9. The van der Waals surface area contributed by atoms with Crippen LogP contribution >= 0.6 is 0 Å². The van der Waals surface area contributed by atoms with Crippen LogP contribution in [0.5, 0.6) is 0 Å². The molecular weight excluding hydrogens is 278 g/mol. The summed E-state index contributed by atoms with van der Waals surface area (Å²) in [6.45, 7) is 5.63. The first kappa shape index (κ1) is 16.5. The van der Waals surface area contributed by atoms with E-state index in [-0.39, 0.29) is 23.8 Å². The Hall–Kier alpha value is -1.88. The Morgan fingerprint density at radius 2 is 1.73 bits per heavy atom. The van der Waals surface area contributed by atoms with Gasteiger partial charge in [0.2, 0.25) is 5.91 Å². The summed E-state index contributed by atoms with van der Waals surface area (Å²) in [5.41, 5.74) is 0.582. The molecule has 2 amide bonds. The third-order valence-electron chi connectivity index (χ3n) is 3.89. The van der Waals surface area contributed by atoms with E-state index in [1.807, 2.05) is 32.0 Å². The third kappa shape index (κ3) is 4.56. The third-order valence-corrected chi connectivity index (χ3v) is 3.89. The van der Waals surface area contributed by atoms with Crippen LogP contribution in [0, 0.1) is 5.92 Å². The summed E-state index contributed by atoms with van der Waals surface area (Å²) in [6, 6.07) is 8.62. The van der Waals surface area contributed by atoms with E-state index >= 15 is 0 Å². The molecule has 1 unspecified atom stereocenters. The van der Waals surface area contributed by atoms with E-state index in [2.05, 4.69) is 16.0 Å². The van der Waals surface area contributed by atoms with E-state index in [0.29, 0.717) is 5.56 Å². The molecule has 1 aliphatic heterocycles. The fourth-order valence-electron chi connectivity index (χ4n) is 2.76.